The average molecular weight is 414 g/mol. The standard InChI is InChI=1S/C24H31NO5/c1-4-5-24(27)28-15-21(26)14-25(13-20-10-17(2)6-7-18(20)3)12-19-8-9-22-23(11-19)30-16-29-22/h6-11,21,26H,4-5,12-16H2,1-3H3/t21-/m0/s1. The van der Waals surface area contributed by atoms with E-state index in [9.17, 15) is 9.90 Å². The molecule has 1 N–H and O–H groups in total. The van der Waals surface area contributed by atoms with Crippen molar-refractivity contribution in [2.24, 2.45) is 0 Å². The van der Waals surface area contributed by atoms with Crippen LogP contribution in [0.3, 0.4) is 0 Å². The summed E-state index contributed by atoms with van der Waals surface area (Å²) in [7, 11) is 0. The fraction of sp³-hybridized carbons (Fsp3) is 0.458. The minimum Gasteiger partial charge on any atom is -0.463 e. The number of carbonyl (C=O) groups is 1. The molecule has 0 bridgehead atoms. The molecule has 30 heavy (non-hydrogen) atoms. The Morgan fingerprint density at radius 3 is 2.73 bits per heavy atom. The van der Waals surface area contributed by atoms with Crippen LogP contribution >= 0.6 is 0 Å². The maximum atomic E-state index is 11.6. The van der Waals surface area contributed by atoms with Crippen molar-refractivity contribution < 1.29 is 24.1 Å². The minimum absolute atomic E-state index is 0.00325. The summed E-state index contributed by atoms with van der Waals surface area (Å²) in [5, 5.41) is 10.5. The van der Waals surface area contributed by atoms with Crippen molar-refractivity contribution in [1.29, 1.82) is 0 Å². The first-order valence-corrected chi connectivity index (χ1v) is 10.4. The number of hydrogen-bond donors (Lipinski definition) is 1. The Kier molecular flexibility index (Phi) is 7.71. The van der Waals surface area contributed by atoms with Crippen molar-refractivity contribution >= 4 is 5.97 Å². The largest absolute Gasteiger partial charge is 0.463 e. The quantitative estimate of drug-likeness (QED) is 0.599. The van der Waals surface area contributed by atoms with Gasteiger partial charge in [0.25, 0.3) is 0 Å². The normalized spacial score (nSPS) is 13.5. The molecule has 0 saturated carbocycles. The van der Waals surface area contributed by atoms with E-state index in [2.05, 4.69) is 36.9 Å². The number of rotatable bonds is 10. The summed E-state index contributed by atoms with van der Waals surface area (Å²) in [5.74, 6) is 1.23. The van der Waals surface area contributed by atoms with Gasteiger partial charge in [0, 0.05) is 26.1 Å². The first kappa shape index (κ1) is 22.1. The third kappa shape index (κ3) is 6.21. The Bertz CT molecular complexity index is 867. The van der Waals surface area contributed by atoms with Crippen LogP contribution in [-0.2, 0) is 22.6 Å². The molecule has 0 saturated heterocycles. The molecule has 0 radical (unpaired) electrons. The van der Waals surface area contributed by atoms with E-state index < -0.39 is 6.10 Å². The summed E-state index contributed by atoms with van der Waals surface area (Å²) in [6, 6.07) is 12.3. The van der Waals surface area contributed by atoms with Crippen molar-refractivity contribution in [3.63, 3.8) is 0 Å². The molecule has 0 fully saturated rings. The van der Waals surface area contributed by atoms with Gasteiger partial charge in [0.2, 0.25) is 6.79 Å². The molecular formula is C24H31NO5. The van der Waals surface area contributed by atoms with Crippen LogP contribution in [0.1, 0.15) is 42.0 Å². The topological polar surface area (TPSA) is 68.2 Å². The number of benzene rings is 2. The maximum Gasteiger partial charge on any atom is 0.305 e. The molecule has 0 spiro atoms. The number of nitrogens with zero attached hydrogens (tertiary/aromatic N) is 1. The molecule has 0 aromatic heterocycles. The van der Waals surface area contributed by atoms with Gasteiger partial charge in [-0.15, -0.1) is 0 Å². The van der Waals surface area contributed by atoms with Gasteiger partial charge in [0.15, 0.2) is 11.5 Å². The minimum atomic E-state index is -0.759. The van der Waals surface area contributed by atoms with Crippen molar-refractivity contribution in [2.75, 3.05) is 19.9 Å². The van der Waals surface area contributed by atoms with Gasteiger partial charge in [0.1, 0.15) is 12.7 Å². The number of carbonyl (C=O) groups excluding carboxylic acids is 1. The second-order valence-corrected chi connectivity index (χ2v) is 7.87. The first-order valence-electron chi connectivity index (χ1n) is 10.4. The smallest absolute Gasteiger partial charge is 0.305 e. The number of ether oxygens (including phenoxy) is 3. The van der Waals surface area contributed by atoms with E-state index in [1.165, 1.54) is 16.7 Å². The summed E-state index contributed by atoms with van der Waals surface area (Å²) in [4.78, 5) is 13.8. The SMILES string of the molecule is CCCC(=O)OC[C@@H](O)CN(Cc1ccc2c(c1)OCO2)Cc1cc(C)ccc1C. The predicted octanol–water partition coefficient (Wildman–Crippen LogP) is 3.74. The molecule has 2 aromatic carbocycles. The highest BCUT2D eigenvalue weighted by Gasteiger charge is 2.18. The van der Waals surface area contributed by atoms with Crippen molar-refractivity contribution in [1.82, 2.24) is 4.90 Å². The number of aliphatic hydroxyl groups is 1. The van der Waals surface area contributed by atoms with Gasteiger partial charge in [-0.2, -0.15) is 0 Å². The van der Waals surface area contributed by atoms with Crippen LogP contribution in [0, 0.1) is 13.8 Å². The zero-order valence-electron chi connectivity index (χ0n) is 18.0. The third-order valence-corrected chi connectivity index (χ3v) is 5.10. The Morgan fingerprint density at radius 1 is 1.13 bits per heavy atom. The molecule has 1 atom stereocenters. The van der Waals surface area contributed by atoms with E-state index in [-0.39, 0.29) is 19.4 Å². The van der Waals surface area contributed by atoms with Crippen LogP contribution in [0.2, 0.25) is 0 Å². The van der Waals surface area contributed by atoms with Gasteiger partial charge in [-0.1, -0.05) is 36.8 Å². The number of hydrogen-bond acceptors (Lipinski definition) is 6. The Labute approximate surface area is 178 Å². The van der Waals surface area contributed by atoms with E-state index in [4.69, 9.17) is 14.2 Å². The van der Waals surface area contributed by atoms with Gasteiger partial charge >= 0.3 is 5.97 Å². The Balaban J connectivity index is 1.70. The van der Waals surface area contributed by atoms with Crippen LogP contribution in [0.25, 0.3) is 0 Å². The fourth-order valence-electron chi connectivity index (χ4n) is 3.51. The lowest BCUT2D eigenvalue weighted by molar-refractivity contribution is -0.147. The molecule has 6 heteroatoms. The molecule has 0 unspecified atom stereocenters. The summed E-state index contributed by atoms with van der Waals surface area (Å²) in [6.07, 6.45) is 0.346. The van der Waals surface area contributed by atoms with E-state index >= 15 is 0 Å². The lowest BCUT2D eigenvalue weighted by atomic mass is 10.0. The van der Waals surface area contributed by atoms with E-state index in [0.29, 0.717) is 26.1 Å². The zero-order chi connectivity index (χ0) is 21.5. The second kappa shape index (κ2) is 10.5. The van der Waals surface area contributed by atoms with E-state index in [0.717, 1.165) is 23.5 Å². The van der Waals surface area contributed by atoms with Crippen molar-refractivity contribution in [2.45, 2.75) is 52.8 Å². The highest BCUT2D eigenvalue weighted by atomic mass is 16.7. The van der Waals surface area contributed by atoms with Gasteiger partial charge < -0.3 is 19.3 Å². The molecule has 1 aliphatic rings. The van der Waals surface area contributed by atoms with Crippen molar-refractivity contribution in [3.8, 4) is 11.5 Å². The van der Waals surface area contributed by atoms with Gasteiger partial charge in [-0.05, 0) is 49.1 Å². The molecule has 1 heterocycles. The molecule has 2 aromatic rings. The molecule has 6 nitrogen and oxygen atoms in total. The van der Waals surface area contributed by atoms with Gasteiger partial charge in [0.05, 0.1) is 0 Å². The lowest BCUT2D eigenvalue weighted by Crippen LogP contribution is -2.35. The van der Waals surface area contributed by atoms with Gasteiger partial charge in [-0.3, -0.25) is 9.69 Å². The molecular weight excluding hydrogens is 382 g/mol. The summed E-state index contributed by atoms with van der Waals surface area (Å²) < 4.78 is 16.1. The van der Waals surface area contributed by atoms with E-state index in [1.54, 1.807) is 0 Å². The second-order valence-electron chi connectivity index (χ2n) is 7.87. The molecule has 0 amide bonds. The van der Waals surface area contributed by atoms with Crippen LogP contribution in [-0.4, -0.2) is 42.0 Å². The van der Waals surface area contributed by atoms with Crippen molar-refractivity contribution in [3.05, 3.63) is 58.7 Å². The number of esters is 1. The predicted molar refractivity (Wildman–Crippen MR) is 114 cm³/mol. The summed E-state index contributed by atoms with van der Waals surface area (Å²) in [6.45, 7) is 8.04. The maximum absolute atomic E-state index is 11.6. The summed E-state index contributed by atoms with van der Waals surface area (Å²) >= 11 is 0. The highest BCUT2D eigenvalue weighted by Crippen LogP contribution is 2.33. The lowest BCUT2D eigenvalue weighted by Gasteiger charge is -2.26. The monoisotopic (exact) mass is 413 g/mol. The van der Waals surface area contributed by atoms with Crippen LogP contribution in [0.5, 0.6) is 11.5 Å². The first-order chi connectivity index (χ1) is 14.4. The zero-order valence-corrected chi connectivity index (χ0v) is 18.0. The van der Waals surface area contributed by atoms with Crippen LogP contribution in [0.15, 0.2) is 36.4 Å². The van der Waals surface area contributed by atoms with Crippen LogP contribution in [0.4, 0.5) is 0 Å². The van der Waals surface area contributed by atoms with Crippen LogP contribution < -0.4 is 9.47 Å². The summed E-state index contributed by atoms with van der Waals surface area (Å²) in [5.41, 5.74) is 4.69. The molecule has 3 rings (SSSR count). The number of fused-ring (bicyclic) bond motifs is 1. The molecule has 0 aliphatic carbocycles. The fourth-order valence-corrected chi connectivity index (χ4v) is 3.51. The number of aryl methyl sites for hydroxylation is 2. The van der Waals surface area contributed by atoms with E-state index in [1.807, 2.05) is 25.1 Å². The average Bonchev–Trinajstić information content (AvgIpc) is 3.17. The third-order valence-electron chi connectivity index (χ3n) is 5.10. The number of aliphatic hydroxyl groups excluding tert-OH is 1. The molecule has 1 aliphatic heterocycles. The Hall–Kier alpha value is -2.57. The Morgan fingerprint density at radius 2 is 1.93 bits per heavy atom. The molecule has 162 valence electrons. The highest BCUT2D eigenvalue weighted by molar-refractivity contribution is 5.69. The van der Waals surface area contributed by atoms with Gasteiger partial charge in [-0.25, -0.2) is 0 Å².